The molecule has 1 fully saturated rings. The predicted octanol–water partition coefficient (Wildman–Crippen LogP) is 2.19. The van der Waals surface area contributed by atoms with Gasteiger partial charge in [-0.05, 0) is 42.9 Å². The number of carboxylic acids is 1. The van der Waals surface area contributed by atoms with Crippen LogP contribution in [0.15, 0.2) is 17.5 Å². The van der Waals surface area contributed by atoms with Crippen LogP contribution >= 0.6 is 11.3 Å². The number of piperidine rings is 1. The molecular weight excluding hydrogens is 262 g/mol. The number of hydrogen-bond donors (Lipinski definition) is 2. The van der Waals surface area contributed by atoms with E-state index in [-0.39, 0.29) is 0 Å². The van der Waals surface area contributed by atoms with Gasteiger partial charge in [0.1, 0.15) is 0 Å². The van der Waals surface area contributed by atoms with E-state index in [4.69, 9.17) is 5.11 Å². The Morgan fingerprint density at radius 1 is 1.53 bits per heavy atom. The van der Waals surface area contributed by atoms with Crippen LogP contribution in [-0.2, 0) is 11.3 Å². The van der Waals surface area contributed by atoms with Gasteiger partial charge in [0.05, 0.1) is 5.60 Å². The normalized spacial score (nSPS) is 19.9. The standard InChI is InChI=1S/C14H19NO3S/c1-14(18)5-7-15(8-6-14)10-12-11(4-9-19-12)2-3-13(16)17/h2-4,9,18H,5-8,10H2,1H3,(H,16,17)/b3-2+. The van der Waals surface area contributed by atoms with Crippen molar-refractivity contribution in [2.45, 2.75) is 31.9 Å². The quantitative estimate of drug-likeness (QED) is 0.831. The van der Waals surface area contributed by atoms with Crippen LogP contribution in [0.2, 0.25) is 0 Å². The molecule has 0 amide bonds. The molecule has 0 atom stereocenters. The third kappa shape index (κ3) is 4.16. The maximum absolute atomic E-state index is 10.5. The van der Waals surface area contributed by atoms with Crippen LogP contribution in [0, 0.1) is 0 Å². The Bertz CT molecular complexity index is 469. The van der Waals surface area contributed by atoms with Gasteiger partial charge < -0.3 is 10.2 Å². The summed E-state index contributed by atoms with van der Waals surface area (Å²) in [5.41, 5.74) is 0.447. The molecule has 2 rings (SSSR count). The first-order valence-corrected chi connectivity index (χ1v) is 7.26. The van der Waals surface area contributed by atoms with Gasteiger partial charge in [-0.25, -0.2) is 4.79 Å². The number of aliphatic carboxylic acids is 1. The Morgan fingerprint density at radius 3 is 2.84 bits per heavy atom. The molecule has 4 nitrogen and oxygen atoms in total. The van der Waals surface area contributed by atoms with Crippen molar-refractivity contribution in [1.29, 1.82) is 0 Å². The summed E-state index contributed by atoms with van der Waals surface area (Å²) < 4.78 is 0. The molecule has 0 saturated carbocycles. The summed E-state index contributed by atoms with van der Waals surface area (Å²) in [6, 6.07) is 1.94. The van der Waals surface area contributed by atoms with Gasteiger partial charge in [0.25, 0.3) is 0 Å². The maximum atomic E-state index is 10.5. The first-order chi connectivity index (χ1) is 8.96. The minimum Gasteiger partial charge on any atom is -0.478 e. The van der Waals surface area contributed by atoms with E-state index in [0.717, 1.165) is 38.0 Å². The molecular formula is C14H19NO3S. The maximum Gasteiger partial charge on any atom is 0.328 e. The molecule has 5 heteroatoms. The van der Waals surface area contributed by atoms with Gasteiger partial charge in [-0.3, -0.25) is 4.90 Å². The largest absolute Gasteiger partial charge is 0.478 e. The van der Waals surface area contributed by atoms with E-state index in [1.54, 1.807) is 17.4 Å². The summed E-state index contributed by atoms with van der Waals surface area (Å²) in [5.74, 6) is -0.925. The van der Waals surface area contributed by atoms with Crippen molar-refractivity contribution in [3.8, 4) is 0 Å². The molecule has 0 unspecified atom stereocenters. The molecule has 1 aromatic heterocycles. The molecule has 0 spiro atoms. The Hall–Kier alpha value is -1.17. The van der Waals surface area contributed by atoms with Crippen LogP contribution < -0.4 is 0 Å². The van der Waals surface area contributed by atoms with Gasteiger partial charge in [0.2, 0.25) is 0 Å². The number of nitrogens with zero attached hydrogens (tertiary/aromatic N) is 1. The van der Waals surface area contributed by atoms with E-state index in [0.29, 0.717) is 0 Å². The van der Waals surface area contributed by atoms with Gasteiger partial charge in [0.15, 0.2) is 0 Å². The average Bonchev–Trinajstić information content (AvgIpc) is 2.77. The fourth-order valence-electron chi connectivity index (χ4n) is 2.18. The number of likely N-dealkylation sites (tertiary alicyclic amines) is 1. The molecule has 1 saturated heterocycles. The van der Waals surface area contributed by atoms with Crippen LogP contribution in [-0.4, -0.2) is 39.8 Å². The van der Waals surface area contributed by atoms with E-state index in [9.17, 15) is 9.90 Å². The first kappa shape index (κ1) is 14.2. The van der Waals surface area contributed by atoms with Crippen molar-refractivity contribution in [3.63, 3.8) is 0 Å². The first-order valence-electron chi connectivity index (χ1n) is 6.38. The monoisotopic (exact) mass is 281 g/mol. The smallest absolute Gasteiger partial charge is 0.328 e. The summed E-state index contributed by atoms with van der Waals surface area (Å²) in [7, 11) is 0. The number of rotatable bonds is 4. The second-order valence-electron chi connectivity index (χ2n) is 5.24. The van der Waals surface area contributed by atoms with E-state index in [2.05, 4.69) is 4.90 Å². The lowest BCUT2D eigenvalue weighted by molar-refractivity contribution is -0.131. The van der Waals surface area contributed by atoms with Gasteiger partial charge in [-0.1, -0.05) is 0 Å². The zero-order chi connectivity index (χ0) is 13.9. The molecule has 104 valence electrons. The van der Waals surface area contributed by atoms with Gasteiger partial charge in [-0.15, -0.1) is 11.3 Å². The summed E-state index contributed by atoms with van der Waals surface area (Å²) in [6.45, 7) is 4.48. The summed E-state index contributed by atoms with van der Waals surface area (Å²) >= 11 is 1.65. The zero-order valence-corrected chi connectivity index (χ0v) is 11.8. The Labute approximate surface area is 117 Å². The van der Waals surface area contributed by atoms with Gasteiger partial charge >= 0.3 is 5.97 Å². The SMILES string of the molecule is CC1(O)CCN(Cc2sccc2/C=C/C(=O)O)CC1. The van der Waals surface area contributed by atoms with Crippen LogP contribution in [0.4, 0.5) is 0 Å². The highest BCUT2D eigenvalue weighted by Gasteiger charge is 2.27. The highest BCUT2D eigenvalue weighted by molar-refractivity contribution is 7.10. The topological polar surface area (TPSA) is 60.8 Å². The summed E-state index contributed by atoms with van der Waals surface area (Å²) in [4.78, 5) is 14.0. The molecule has 2 heterocycles. The van der Waals surface area contributed by atoms with Crippen molar-refractivity contribution >= 4 is 23.4 Å². The molecule has 0 bridgehead atoms. The highest BCUT2D eigenvalue weighted by atomic mass is 32.1. The molecule has 0 radical (unpaired) electrons. The van der Waals surface area contributed by atoms with Crippen molar-refractivity contribution in [1.82, 2.24) is 4.90 Å². The Kier molecular flexibility index (Phi) is 4.39. The predicted molar refractivity (Wildman–Crippen MR) is 76.1 cm³/mol. The fraction of sp³-hybridized carbons (Fsp3) is 0.500. The van der Waals surface area contributed by atoms with Crippen LogP contribution in [0.5, 0.6) is 0 Å². The second kappa shape index (κ2) is 5.86. The van der Waals surface area contributed by atoms with Crippen molar-refractivity contribution < 1.29 is 15.0 Å². The van der Waals surface area contributed by atoms with E-state index < -0.39 is 11.6 Å². The van der Waals surface area contributed by atoms with Crippen molar-refractivity contribution in [3.05, 3.63) is 28.0 Å². The van der Waals surface area contributed by atoms with Crippen LogP contribution in [0.25, 0.3) is 6.08 Å². The van der Waals surface area contributed by atoms with E-state index >= 15 is 0 Å². The lowest BCUT2D eigenvalue weighted by Gasteiger charge is -2.35. The number of hydrogen-bond acceptors (Lipinski definition) is 4. The fourth-order valence-corrected chi connectivity index (χ4v) is 3.09. The summed E-state index contributed by atoms with van der Waals surface area (Å²) in [5, 5.41) is 20.6. The van der Waals surface area contributed by atoms with E-state index in [1.165, 1.54) is 11.0 Å². The van der Waals surface area contributed by atoms with Crippen LogP contribution in [0.3, 0.4) is 0 Å². The van der Waals surface area contributed by atoms with Crippen LogP contribution in [0.1, 0.15) is 30.2 Å². The minimum atomic E-state index is -0.925. The van der Waals surface area contributed by atoms with E-state index in [1.807, 2.05) is 18.4 Å². The van der Waals surface area contributed by atoms with Gasteiger partial charge in [0, 0.05) is 30.6 Å². The lowest BCUT2D eigenvalue weighted by atomic mass is 9.94. The Balaban J connectivity index is 1.97. The molecule has 2 N–H and O–H groups in total. The summed E-state index contributed by atoms with van der Waals surface area (Å²) in [6.07, 6.45) is 4.40. The molecule has 19 heavy (non-hydrogen) atoms. The number of aliphatic hydroxyl groups is 1. The van der Waals surface area contributed by atoms with Crippen molar-refractivity contribution in [2.75, 3.05) is 13.1 Å². The lowest BCUT2D eigenvalue weighted by Crippen LogP contribution is -2.41. The second-order valence-corrected chi connectivity index (χ2v) is 6.24. The minimum absolute atomic E-state index is 0.530. The zero-order valence-electron chi connectivity index (χ0n) is 11.0. The molecule has 0 aromatic carbocycles. The molecule has 1 aliphatic rings. The molecule has 1 aliphatic heterocycles. The van der Waals surface area contributed by atoms with Crippen molar-refractivity contribution in [2.24, 2.45) is 0 Å². The van der Waals surface area contributed by atoms with Gasteiger partial charge in [-0.2, -0.15) is 0 Å². The third-order valence-electron chi connectivity index (χ3n) is 3.49. The number of carboxylic acid groups (broad SMARTS) is 1. The molecule has 0 aliphatic carbocycles. The number of carbonyl (C=O) groups is 1. The average molecular weight is 281 g/mol. The highest BCUT2D eigenvalue weighted by Crippen LogP contribution is 2.25. The molecule has 1 aromatic rings. The number of thiophene rings is 1. The Morgan fingerprint density at radius 2 is 2.21 bits per heavy atom. The third-order valence-corrected chi connectivity index (χ3v) is 4.41.